The number of amides is 1. The molecule has 0 saturated carbocycles. The number of carbonyl (C=O) groups excluding carboxylic acids is 1. The zero-order chi connectivity index (χ0) is 12.3. The maximum atomic E-state index is 11.3. The molecule has 6 nitrogen and oxygen atoms in total. The Balaban J connectivity index is 1.89. The van der Waals surface area contributed by atoms with Gasteiger partial charge in [-0.15, -0.1) is 0 Å². The summed E-state index contributed by atoms with van der Waals surface area (Å²) in [6.07, 6.45) is 0. The van der Waals surface area contributed by atoms with Crippen LogP contribution in [0.25, 0.3) is 0 Å². The second-order valence-electron chi connectivity index (χ2n) is 3.53. The van der Waals surface area contributed by atoms with Crippen molar-refractivity contribution in [3.05, 3.63) is 35.9 Å². The molecule has 0 radical (unpaired) electrons. The molecule has 1 saturated heterocycles. The number of rotatable bonds is 4. The number of hydrogen-bond acceptors (Lipinski definition) is 4. The zero-order valence-corrected chi connectivity index (χ0v) is 9.81. The highest BCUT2D eigenvalue weighted by Crippen LogP contribution is 2.07. The van der Waals surface area contributed by atoms with Crippen LogP contribution in [0.2, 0.25) is 0 Å². The molecule has 1 fully saturated rings. The fraction of sp³-hybridized carbons (Fsp3) is 0.300. The summed E-state index contributed by atoms with van der Waals surface area (Å²) in [6, 6.07) is 9.31. The maximum Gasteiger partial charge on any atom is 0.306 e. The van der Waals surface area contributed by atoms with Crippen molar-refractivity contribution in [2.24, 2.45) is 0 Å². The number of benzene rings is 1. The van der Waals surface area contributed by atoms with Gasteiger partial charge < -0.3 is 4.74 Å². The molecule has 1 aliphatic heterocycles. The predicted molar refractivity (Wildman–Crippen MR) is 59.9 cm³/mol. The van der Waals surface area contributed by atoms with Gasteiger partial charge in [0.1, 0.15) is 6.73 Å². The molecule has 0 unspecified atom stereocenters. The molecule has 0 aromatic heterocycles. The third-order valence-electron chi connectivity index (χ3n) is 2.29. The molecule has 1 heterocycles. The van der Waals surface area contributed by atoms with E-state index in [0.29, 0.717) is 4.31 Å². The lowest BCUT2D eigenvalue weighted by Crippen LogP contribution is -2.33. The van der Waals surface area contributed by atoms with Gasteiger partial charge in [-0.2, -0.15) is 13.1 Å². The largest absolute Gasteiger partial charge is 0.355 e. The monoisotopic (exact) mass is 256 g/mol. The van der Waals surface area contributed by atoms with Crippen LogP contribution in [-0.4, -0.2) is 31.9 Å². The Morgan fingerprint density at radius 1 is 1.29 bits per heavy atom. The van der Waals surface area contributed by atoms with Crippen LogP contribution >= 0.6 is 0 Å². The lowest BCUT2D eigenvalue weighted by molar-refractivity contribution is -0.127. The summed E-state index contributed by atoms with van der Waals surface area (Å²) in [5.74, 6) is -0.502. The summed E-state index contributed by atoms with van der Waals surface area (Å²) < 4.78 is 30.7. The van der Waals surface area contributed by atoms with Crippen LogP contribution in [0.5, 0.6) is 0 Å². The van der Waals surface area contributed by atoms with Crippen molar-refractivity contribution in [3.8, 4) is 0 Å². The van der Waals surface area contributed by atoms with Crippen LogP contribution in [0.15, 0.2) is 30.3 Å². The Morgan fingerprint density at radius 3 is 2.59 bits per heavy atom. The van der Waals surface area contributed by atoms with Crippen LogP contribution < -0.4 is 4.72 Å². The highest BCUT2D eigenvalue weighted by molar-refractivity contribution is 7.88. The average Bonchev–Trinajstić information content (AvgIpc) is 2.57. The SMILES string of the molecule is O=C1CNS(=O)(=O)N1COCc1ccccc1. The lowest BCUT2D eigenvalue weighted by atomic mass is 10.2. The van der Waals surface area contributed by atoms with Gasteiger partial charge in [0.2, 0.25) is 0 Å². The molecule has 17 heavy (non-hydrogen) atoms. The minimum atomic E-state index is -3.68. The molecule has 1 aliphatic rings. The molecule has 1 aromatic rings. The summed E-state index contributed by atoms with van der Waals surface area (Å²) in [5, 5.41) is 0. The van der Waals surface area contributed by atoms with E-state index in [0.717, 1.165) is 5.56 Å². The molecule has 7 heteroatoms. The first-order chi connectivity index (χ1) is 8.09. The summed E-state index contributed by atoms with van der Waals surface area (Å²) in [4.78, 5) is 11.2. The minimum Gasteiger partial charge on any atom is -0.355 e. The normalized spacial score (nSPS) is 18.6. The van der Waals surface area contributed by atoms with Crippen molar-refractivity contribution in [1.29, 1.82) is 0 Å². The van der Waals surface area contributed by atoms with E-state index in [1.807, 2.05) is 30.3 Å². The smallest absolute Gasteiger partial charge is 0.306 e. The van der Waals surface area contributed by atoms with Gasteiger partial charge in [0, 0.05) is 0 Å². The summed E-state index contributed by atoms with van der Waals surface area (Å²) in [5.41, 5.74) is 0.921. The van der Waals surface area contributed by atoms with Gasteiger partial charge >= 0.3 is 10.2 Å². The van der Waals surface area contributed by atoms with E-state index in [2.05, 4.69) is 4.72 Å². The van der Waals surface area contributed by atoms with E-state index in [1.54, 1.807) is 0 Å². The first kappa shape index (κ1) is 12.0. The second kappa shape index (κ2) is 4.82. The maximum absolute atomic E-state index is 11.3. The van der Waals surface area contributed by atoms with Gasteiger partial charge in [0.15, 0.2) is 0 Å². The van der Waals surface area contributed by atoms with E-state index in [1.165, 1.54) is 0 Å². The van der Waals surface area contributed by atoms with Gasteiger partial charge in [-0.1, -0.05) is 30.3 Å². The molecule has 0 bridgehead atoms. The van der Waals surface area contributed by atoms with Crippen LogP contribution in [0, 0.1) is 0 Å². The minimum absolute atomic E-state index is 0.197. The van der Waals surface area contributed by atoms with Crippen LogP contribution in [-0.2, 0) is 26.3 Å². The number of ether oxygens (including phenoxy) is 1. The highest BCUT2D eigenvalue weighted by Gasteiger charge is 2.34. The number of hydrogen-bond donors (Lipinski definition) is 1. The molecule has 1 amide bonds. The van der Waals surface area contributed by atoms with Crippen LogP contribution in [0.1, 0.15) is 5.56 Å². The van der Waals surface area contributed by atoms with E-state index in [-0.39, 0.29) is 19.9 Å². The van der Waals surface area contributed by atoms with Crippen molar-refractivity contribution in [3.63, 3.8) is 0 Å². The standard InChI is InChI=1S/C10H12N2O4S/c13-10-6-11-17(14,15)12(10)8-16-7-9-4-2-1-3-5-9/h1-5,11H,6-8H2. The first-order valence-corrected chi connectivity index (χ1v) is 6.45. The molecular weight excluding hydrogens is 244 g/mol. The van der Waals surface area contributed by atoms with Crippen molar-refractivity contribution >= 4 is 16.1 Å². The Hall–Kier alpha value is -1.44. The van der Waals surface area contributed by atoms with E-state index in [4.69, 9.17) is 4.74 Å². The van der Waals surface area contributed by atoms with Crippen molar-refractivity contribution in [1.82, 2.24) is 9.03 Å². The first-order valence-electron chi connectivity index (χ1n) is 5.01. The van der Waals surface area contributed by atoms with Gasteiger partial charge in [-0.3, -0.25) is 4.79 Å². The zero-order valence-electron chi connectivity index (χ0n) is 9.00. The Kier molecular flexibility index (Phi) is 3.41. The Morgan fingerprint density at radius 2 is 2.00 bits per heavy atom. The summed E-state index contributed by atoms with van der Waals surface area (Å²) >= 11 is 0. The van der Waals surface area contributed by atoms with Crippen molar-refractivity contribution < 1.29 is 17.9 Å². The molecule has 92 valence electrons. The topological polar surface area (TPSA) is 75.7 Å². The van der Waals surface area contributed by atoms with Crippen LogP contribution in [0.3, 0.4) is 0 Å². The Labute approximate surface area is 99.4 Å². The van der Waals surface area contributed by atoms with Gasteiger partial charge in [0.25, 0.3) is 5.91 Å². The van der Waals surface area contributed by atoms with Gasteiger partial charge in [-0.25, -0.2) is 4.31 Å². The number of nitrogens with zero attached hydrogens (tertiary/aromatic N) is 1. The van der Waals surface area contributed by atoms with E-state index in [9.17, 15) is 13.2 Å². The molecule has 1 N–H and O–H groups in total. The Bertz CT molecular complexity index is 500. The summed E-state index contributed by atoms with van der Waals surface area (Å²) in [7, 11) is -3.68. The number of nitrogens with one attached hydrogen (secondary N) is 1. The third-order valence-corrected chi connectivity index (χ3v) is 3.69. The summed E-state index contributed by atoms with van der Waals surface area (Å²) in [6.45, 7) is -0.194. The fourth-order valence-electron chi connectivity index (χ4n) is 1.42. The quantitative estimate of drug-likeness (QED) is 0.812. The molecule has 0 aliphatic carbocycles. The molecular formula is C10H12N2O4S. The predicted octanol–water partition coefficient (Wildman–Crippen LogP) is -0.163. The van der Waals surface area contributed by atoms with E-state index < -0.39 is 16.1 Å². The lowest BCUT2D eigenvalue weighted by Gasteiger charge is -2.13. The van der Waals surface area contributed by atoms with Crippen molar-refractivity contribution in [2.75, 3.05) is 13.3 Å². The van der Waals surface area contributed by atoms with Gasteiger partial charge in [-0.05, 0) is 5.56 Å². The number of carbonyl (C=O) groups is 1. The second-order valence-corrected chi connectivity index (χ2v) is 5.21. The molecule has 1 aromatic carbocycles. The average molecular weight is 256 g/mol. The highest BCUT2D eigenvalue weighted by atomic mass is 32.2. The molecule has 0 atom stereocenters. The van der Waals surface area contributed by atoms with Gasteiger partial charge in [0.05, 0.1) is 13.2 Å². The molecule has 2 rings (SSSR count). The van der Waals surface area contributed by atoms with Crippen molar-refractivity contribution in [2.45, 2.75) is 6.61 Å². The van der Waals surface area contributed by atoms with Crippen LogP contribution in [0.4, 0.5) is 0 Å². The third kappa shape index (κ3) is 2.82. The fourth-order valence-corrected chi connectivity index (χ4v) is 2.42. The van der Waals surface area contributed by atoms with E-state index >= 15 is 0 Å². The molecule has 0 spiro atoms.